The molecule has 2 N–H and O–H groups in total. The van der Waals surface area contributed by atoms with Gasteiger partial charge in [0.15, 0.2) is 0 Å². The van der Waals surface area contributed by atoms with Crippen LogP contribution in [0.15, 0.2) is 97.1 Å². The number of nitrogens with zero attached hydrogens (tertiary/aromatic N) is 4. The second-order valence-corrected chi connectivity index (χ2v) is 21.5. The van der Waals surface area contributed by atoms with Crippen molar-refractivity contribution >= 4 is 65.1 Å². The Morgan fingerprint density at radius 1 is 0.656 bits per heavy atom. The number of hydrogen-bond donors (Lipinski definition) is 2. The van der Waals surface area contributed by atoms with Crippen molar-refractivity contribution in [2.24, 2.45) is 22.7 Å². The summed E-state index contributed by atoms with van der Waals surface area (Å²) in [5.41, 5.74) is 6.35. The first-order valence-corrected chi connectivity index (χ1v) is 23.8. The van der Waals surface area contributed by atoms with Crippen molar-refractivity contribution in [1.29, 1.82) is 5.26 Å². The van der Waals surface area contributed by atoms with Crippen LogP contribution in [0.25, 0.3) is 69.8 Å². The second-order valence-electron chi connectivity index (χ2n) is 19.5. The topological polar surface area (TPSA) is 104 Å². The monoisotopic (exact) mass is 884 g/mol. The van der Waals surface area contributed by atoms with Gasteiger partial charge in [-0.15, -0.1) is 22.7 Å². The van der Waals surface area contributed by atoms with Gasteiger partial charge in [-0.05, 0) is 132 Å². The maximum Gasteiger partial charge on any atom is 0.245 e. The molecule has 4 aromatic heterocycles. The van der Waals surface area contributed by atoms with E-state index in [1.807, 2.05) is 97.1 Å². The summed E-state index contributed by atoms with van der Waals surface area (Å²) in [5.74, 6) is 2.67. The summed E-state index contributed by atoms with van der Waals surface area (Å²) in [4.78, 5) is 21.6. The molecule has 64 heavy (non-hydrogen) atoms. The van der Waals surface area contributed by atoms with Crippen molar-refractivity contribution < 1.29 is 9.47 Å². The highest BCUT2D eigenvalue weighted by atomic mass is 32.1. The second kappa shape index (κ2) is 18.5. The van der Waals surface area contributed by atoms with E-state index in [9.17, 15) is 5.26 Å². The molecule has 0 radical (unpaired) electrons. The highest BCUT2D eigenvalue weighted by Gasteiger charge is 2.25. The normalized spacial score (nSPS) is 14.0. The first-order chi connectivity index (χ1) is 30.7. The average Bonchev–Trinajstić information content (AvgIpc) is 4.04. The van der Waals surface area contributed by atoms with E-state index in [1.54, 1.807) is 0 Å². The van der Waals surface area contributed by atoms with Gasteiger partial charge in [0, 0.05) is 10.8 Å². The van der Waals surface area contributed by atoms with Gasteiger partial charge in [-0.1, -0.05) is 79.7 Å². The Balaban J connectivity index is 1.30. The highest BCUT2D eigenvalue weighted by molar-refractivity contribution is 7.20. The first-order valence-electron chi connectivity index (χ1n) is 22.2. The van der Waals surface area contributed by atoms with Crippen molar-refractivity contribution in [2.45, 2.75) is 81.1 Å². The fourth-order valence-electron chi connectivity index (χ4n) is 8.91. The number of ether oxygens (including phenoxy) is 2. The van der Waals surface area contributed by atoms with Gasteiger partial charge >= 0.3 is 0 Å². The van der Waals surface area contributed by atoms with E-state index in [0.29, 0.717) is 57.0 Å². The molecule has 8 aromatic rings. The number of fused-ring (bicyclic) bond motifs is 3. The van der Waals surface area contributed by atoms with Gasteiger partial charge in [-0.3, -0.25) is 0 Å². The van der Waals surface area contributed by atoms with Crippen molar-refractivity contribution in [1.82, 2.24) is 19.9 Å². The molecular weight excluding hydrogens is 829 g/mol. The van der Waals surface area contributed by atoms with E-state index in [4.69, 9.17) is 26.0 Å². The number of H-pyrrole nitrogens is 2. The third-order valence-electron chi connectivity index (χ3n) is 11.4. The Bertz CT molecular complexity index is 2860. The van der Waals surface area contributed by atoms with Crippen LogP contribution >= 0.6 is 22.7 Å². The van der Waals surface area contributed by atoms with Crippen molar-refractivity contribution in [2.75, 3.05) is 13.2 Å². The Hall–Kier alpha value is -6.20. The standard InChI is InChI=1S/C54H56N6O2S2/c1-33(30-53(3,4)5)26-28-61-37-22-18-35(19-23-37)46-44-45(49(60-46)50(56-9)52-58-41-15-11-13-17-43(41)64-52)47(36-20-24-38(25-21-36)62-29-27-34(2)31-54(6,7)8)59-48(44)39(32-55)51-57-40-14-10-12-16-42(40)63-51/h10-25,33-34,59-60H,26-31H2,1-8H3/b48-39-,50-49+. The molecule has 0 aliphatic carbocycles. The van der Waals surface area contributed by atoms with Gasteiger partial charge in [0.05, 0.1) is 62.3 Å². The van der Waals surface area contributed by atoms with Crippen LogP contribution in [0.3, 0.4) is 0 Å². The van der Waals surface area contributed by atoms with Gasteiger partial charge in [0.1, 0.15) is 33.2 Å². The van der Waals surface area contributed by atoms with Crippen molar-refractivity contribution in [3.8, 4) is 40.1 Å². The van der Waals surface area contributed by atoms with Gasteiger partial charge in [-0.2, -0.15) is 5.26 Å². The lowest BCUT2D eigenvalue weighted by atomic mass is 9.84. The van der Waals surface area contributed by atoms with Crippen LogP contribution in [0.2, 0.25) is 0 Å². The molecule has 0 spiro atoms. The summed E-state index contributed by atoms with van der Waals surface area (Å²) in [5, 5.41) is 15.1. The molecule has 326 valence electrons. The van der Waals surface area contributed by atoms with Crippen molar-refractivity contribution in [3.63, 3.8) is 0 Å². The van der Waals surface area contributed by atoms with Gasteiger partial charge in [0.25, 0.3) is 0 Å². The molecule has 4 heterocycles. The molecule has 10 heteroatoms. The number of nitriles is 1. The van der Waals surface area contributed by atoms with Crippen molar-refractivity contribution in [3.05, 3.63) is 129 Å². The van der Waals surface area contributed by atoms with Crippen LogP contribution in [-0.2, 0) is 0 Å². The van der Waals surface area contributed by atoms with Gasteiger partial charge in [-0.25, -0.2) is 14.8 Å². The lowest BCUT2D eigenvalue weighted by molar-refractivity contribution is 0.240. The summed E-state index contributed by atoms with van der Waals surface area (Å²) in [6, 6.07) is 34.7. The molecule has 0 bridgehead atoms. The van der Waals surface area contributed by atoms with Crippen LogP contribution in [-0.4, -0.2) is 33.1 Å². The van der Waals surface area contributed by atoms with E-state index in [1.165, 1.54) is 22.7 Å². The molecular formula is C54H56N6O2S2. The predicted molar refractivity (Wildman–Crippen MR) is 266 cm³/mol. The Morgan fingerprint density at radius 2 is 1.09 bits per heavy atom. The lowest BCUT2D eigenvalue weighted by Gasteiger charge is -2.23. The zero-order valence-electron chi connectivity index (χ0n) is 38.1. The Labute approximate surface area is 384 Å². The number of para-hydroxylation sites is 2. The highest BCUT2D eigenvalue weighted by Crippen LogP contribution is 2.36. The average molecular weight is 885 g/mol. The summed E-state index contributed by atoms with van der Waals surface area (Å²) in [7, 11) is 0. The zero-order chi connectivity index (χ0) is 45.2. The molecule has 4 aromatic carbocycles. The van der Waals surface area contributed by atoms with Crippen LogP contribution in [0.4, 0.5) is 0 Å². The van der Waals surface area contributed by atoms with Gasteiger partial charge < -0.3 is 19.4 Å². The minimum absolute atomic E-state index is 0.272. The maximum absolute atomic E-state index is 11.1. The SMILES string of the molecule is [C-]#[N+]/C(c1nc2ccccc2s1)=c1/[nH]c(-c2ccc(OCCC(C)CC(C)(C)C)cc2)c2/c(=C(\C#N)c3nc4ccccc4s3)[nH]c(-c3ccc(OCCC(C)CC(C)(C)C)cc3)c12. The smallest absolute Gasteiger partial charge is 0.245 e. The van der Waals surface area contributed by atoms with Crippen LogP contribution < -0.4 is 20.2 Å². The molecule has 8 rings (SSSR count). The largest absolute Gasteiger partial charge is 0.494 e. The van der Waals surface area contributed by atoms with E-state index >= 15 is 0 Å². The van der Waals surface area contributed by atoms with E-state index < -0.39 is 0 Å². The predicted octanol–water partition coefficient (Wildman–Crippen LogP) is 13.5. The molecule has 2 atom stereocenters. The minimum atomic E-state index is 0.272. The Morgan fingerprint density at radius 3 is 1.55 bits per heavy atom. The molecule has 8 nitrogen and oxygen atoms in total. The number of aromatic amines is 2. The Kier molecular flexibility index (Phi) is 12.8. The van der Waals surface area contributed by atoms with Gasteiger partial charge in [0.2, 0.25) is 5.70 Å². The third kappa shape index (κ3) is 9.95. The summed E-state index contributed by atoms with van der Waals surface area (Å²) in [6.45, 7) is 28.2. The van der Waals surface area contributed by atoms with Crippen LogP contribution in [0.1, 0.15) is 91.1 Å². The number of thiazole rings is 2. The maximum atomic E-state index is 11.1. The minimum Gasteiger partial charge on any atom is -0.494 e. The number of aromatic nitrogens is 4. The van der Waals surface area contributed by atoms with Crippen LogP contribution in [0, 0.1) is 40.6 Å². The van der Waals surface area contributed by atoms with E-state index in [0.717, 1.165) is 90.9 Å². The fourth-order valence-corrected chi connectivity index (χ4v) is 10.8. The lowest BCUT2D eigenvalue weighted by Crippen LogP contribution is -2.13. The molecule has 0 fully saturated rings. The molecule has 0 saturated heterocycles. The molecule has 0 aliphatic heterocycles. The number of benzene rings is 4. The van der Waals surface area contributed by atoms with Crippen LogP contribution in [0.5, 0.6) is 11.5 Å². The fraction of sp³-hybridized carbons (Fsp3) is 0.333. The quantitative estimate of drug-likeness (QED) is 0.106. The summed E-state index contributed by atoms with van der Waals surface area (Å²) >= 11 is 2.98. The summed E-state index contributed by atoms with van der Waals surface area (Å²) in [6.07, 6.45) is 4.21. The molecule has 0 amide bonds. The molecule has 2 unspecified atom stereocenters. The first kappa shape index (κ1) is 44.4. The third-order valence-corrected chi connectivity index (χ3v) is 13.5. The number of hydrogen-bond acceptors (Lipinski definition) is 7. The van der Waals surface area contributed by atoms with E-state index in [-0.39, 0.29) is 10.8 Å². The summed E-state index contributed by atoms with van der Waals surface area (Å²) < 4.78 is 14.6. The number of nitrogens with one attached hydrogen (secondary N) is 2. The number of rotatable bonds is 14. The molecule has 0 aliphatic rings. The molecule has 0 saturated carbocycles. The zero-order valence-corrected chi connectivity index (χ0v) is 39.7. The van der Waals surface area contributed by atoms with E-state index in [2.05, 4.69) is 76.3 Å².